The summed E-state index contributed by atoms with van der Waals surface area (Å²) in [5.74, 6) is 0.133. The molecule has 0 radical (unpaired) electrons. The zero-order valence-corrected chi connectivity index (χ0v) is 11.6. The van der Waals surface area contributed by atoms with E-state index in [0.717, 1.165) is 0 Å². The Hall–Kier alpha value is -1.74. The monoisotopic (exact) mass is 287 g/mol. The highest BCUT2D eigenvalue weighted by Gasteiger charge is 2.15. The number of rotatable bonds is 7. The second-order valence-corrected chi connectivity index (χ2v) is 5.36. The van der Waals surface area contributed by atoms with Crippen molar-refractivity contribution in [3.05, 3.63) is 12.4 Å². The van der Waals surface area contributed by atoms with E-state index in [2.05, 4.69) is 25.3 Å². The van der Waals surface area contributed by atoms with Crippen molar-refractivity contribution in [2.45, 2.75) is 18.2 Å². The average Bonchev–Trinajstić information content (AvgIpc) is 2.39. The first-order valence-electron chi connectivity index (χ1n) is 5.75. The van der Waals surface area contributed by atoms with Crippen LogP contribution in [0.5, 0.6) is 0 Å². The summed E-state index contributed by atoms with van der Waals surface area (Å²) in [6, 6.07) is 0. The van der Waals surface area contributed by atoms with Crippen molar-refractivity contribution in [1.82, 2.24) is 20.0 Å². The van der Waals surface area contributed by atoms with Crippen LogP contribution in [0.25, 0.3) is 0 Å². The number of sulfonamides is 1. The van der Waals surface area contributed by atoms with Gasteiger partial charge in [0.05, 0.1) is 12.4 Å². The van der Waals surface area contributed by atoms with Gasteiger partial charge in [-0.15, -0.1) is 0 Å². The Bertz CT molecular complexity index is 514. The summed E-state index contributed by atoms with van der Waals surface area (Å²) in [6.45, 7) is 2.56. The lowest BCUT2D eigenvalue weighted by Gasteiger charge is -2.06. The molecule has 1 rings (SSSR count). The molecule has 0 atom stereocenters. The van der Waals surface area contributed by atoms with E-state index in [-0.39, 0.29) is 23.8 Å². The molecule has 0 aliphatic heterocycles. The topological polar surface area (TPSA) is 113 Å². The molecule has 0 spiro atoms. The molecule has 8 nitrogen and oxygen atoms in total. The van der Waals surface area contributed by atoms with Crippen molar-refractivity contribution in [2.24, 2.45) is 0 Å². The number of nitrogens with zero attached hydrogens (tertiary/aromatic N) is 2. The Morgan fingerprint density at radius 1 is 1.32 bits per heavy atom. The molecule has 1 heterocycles. The number of amides is 1. The van der Waals surface area contributed by atoms with E-state index in [9.17, 15) is 13.2 Å². The Morgan fingerprint density at radius 2 is 1.95 bits per heavy atom. The van der Waals surface area contributed by atoms with E-state index < -0.39 is 10.0 Å². The van der Waals surface area contributed by atoms with Gasteiger partial charge in [-0.25, -0.2) is 23.1 Å². The highest BCUT2D eigenvalue weighted by molar-refractivity contribution is 7.89. The molecule has 1 aromatic rings. The summed E-state index contributed by atoms with van der Waals surface area (Å²) < 4.78 is 26.0. The van der Waals surface area contributed by atoms with Gasteiger partial charge in [0.2, 0.25) is 21.9 Å². The fraction of sp³-hybridized carbons (Fsp3) is 0.500. The summed E-state index contributed by atoms with van der Waals surface area (Å²) in [6.07, 6.45) is 2.51. The Labute approximate surface area is 112 Å². The molecule has 0 fully saturated rings. The molecule has 9 heteroatoms. The van der Waals surface area contributed by atoms with Crippen LogP contribution in [0.15, 0.2) is 17.3 Å². The fourth-order valence-corrected chi connectivity index (χ4v) is 2.13. The van der Waals surface area contributed by atoms with Gasteiger partial charge in [0.1, 0.15) is 4.90 Å². The third-order valence-corrected chi connectivity index (χ3v) is 3.61. The predicted molar refractivity (Wildman–Crippen MR) is 70.1 cm³/mol. The first-order chi connectivity index (χ1) is 8.99. The normalized spacial score (nSPS) is 11.1. The van der Waals surface area contributed by atoms with Gasteiger partial charge in [0.25, 0.3) is 0 Å². The number of hydrogen-bond acceptors (Lipinski definition) is 6. The molecule has 0 saturated carbocycles. The number of aromatic nitrogens is 2. The average molecular weight is 287 g/mol. The molecule has 0 unspecified atom stereocenters. The maximum Gasteiger partial charge on any atom is 0.243 e. The molecule has 106 valence electrons. The van der Waals surface area contributed by atoms with Gasteiger partial charge in [0, 0.05) is 26.6 Å². The number of anilines is 1. The molecular formula is C10H17N5O3S. The standard InChI is InChI=1S/C10H17N5O3S/c1-3-12-10-13-6-8(7-14-10)19(17,18)15-5-4-9(16)11-2/h6-7,15H,3-5H2,1-2H3,(H,11,16)(H,12,13,14). The SMILES string of the molecule is CCNc1ncc(S(=O)(=O)NCCC(=O)NC)cn1. The van der Waals surface area contributed by atoms with Crippen LogP contribution < -0.4 is 15.4 Å². The summed E-state index contributed by atoms with van der Waals surface area (Å²) in [5, 5.41) is 5.27. The quantitative estimate of drug-likeness (QED) is 0.612. The van der Waals surface area contributed by atoms with Gasteiger partial charge >= 0.3 is 0 Å². The molecule has 0 saturated heterocycles. The summed E-state index contributed by atoms with van der Waals surface area (Å²) in [5.41, 5.74) is 0. The van der Waals surface area contributed by atoms with Crippen LogP contribution >= 0.6 is 0 Å². The van der Waals surface area contributed by atoms with E-state index in [1.54, 1.807) is 0 Å². The number of hydrogen-bond donors (Lipinski definition) is 3. The maximum absolute atomic E-state index is 11.8. The molecule has 19 heavy (non-hydrogen) atoms. The number of nitrogens with one attached hydrogen (secondary N) is 3. The lowest BCUT2D eigenvalue weighted by atomic mass is 10.4. The van der Waals surface area contributed by atoms with Gasteiger partial charge < -0.3 is 10.6 Å². The Kier molecular flexibility index (Phi) is 5.64. The molecule has 1 aromatic heterocycles. The lowest BCUT2D eigenvalue weighted by molar-refractivity contribution is -0.120. The van der Waals surface area contributed by atoms with Crippen LogP contribution in [0, 0.1) is 0 Å². The van der Waals surface area contributed by atoms with Crippen molar-refractivity contribution >= 4 is 21.9 Å². The molecule has 0 bridgehead atoms. The minimum atomic E-state index is -3.68. The first kappa shape index (κ1) is 15.3. The largest absolute Gasteiger partial charge is 0.359 e. The van der Waals surface area contributed by atoms with Crippen molar-refractivity contribution in [3.63, 3.8) is 0 Å². The van der Waals surface area contributed by atoms with Crippen LogP contribution in [0.3, 0.4) is 0 Å². The van der Waals surface area contributed by atoms with Crippen LogP contribution in [0.1, 0.15) is 13.3 Å². The first-order valence-corrected chi connectivity index (χ1v) is 7.24. The molecule has 1 amide bonds. The molecular weight excluding hydrogens is 270 g/mol. The van der Waals surface area contributed by atoms with Gasteiger partial charge in [-0.05, 0) is 6.92 Å². The fourth-order valence-electron chi connectivity index (χ4n) is 1.21. The van der Waals surface area contributed by atoms with Crippen molar-refractivity contribution in [3.8, 4) is 0 Å². The van der Waals surface area contributed by atoms with Crippen LogP contribution in [-0.4, -0.2) is 44.4 Å². The maximum atomic E-state index is 11.8. The second-order valence-electron chi connectivity index (χ2n) is 3.59. The van der Waals surface area contributed by atoms with Gasteiger partial charge in [-0.2, -0.15) is 0 Å². The van der Waals surface area contributed by atoms with E-state index in [1.807, 2.05) is 6.92 Å². The molecule has 3 N–H and O–H groups in total. The Balaban J connectivity index is 2.64. The molecule has 0 aliphatic rings. The van der Waals surface area contributed by atoms with E-state index in [0.29, 0.717) is 12.5 Å². The van der Waals surface area contributed by atoms with Crippen LogP contribution in [0.2, 0.25) is 0 Å². The highest BCUT2D eigenvalue weighted by Crippen LogP contribution is 2.06. The molecule has 0 aliphatic carbocycles. The predicted octanol–water partition coefficient (Wildman–Crippen LogP) is -0.677. The summed E-state index contributed by atoms with van der Waals surface area (Å²) in [7, 11) is -2.19. The van der Waals surface area contributed by atoms with Crippen LogP contribution in [0.4, 0.5) is 5.95 Å². The minimum absolute atomic E-state index is 0.0248. The second kappa shape index (κ2) is 7.00. The number of carbonyl (C=O) groups excluding carboxylic acids is 1. The van der Waals surface area contributed by atoms with Crippen molar-refractivity contribution in [2.75, 3.05) is 25.5 Å². The van der Waals surface area contributed by atoms with Crippen LogP contribution in [-0.2, 0) is 14.8 Å². The number of carbonyl (C=O) groups is 1. The highest BCUT2D eigenvalue weighted by atomic mass is 32.2. The van der Waals surface area contributed by atoms with Gasteiger partial charge in [0.15, 0.2) is 0 Å². The minimum Gasteiger partial charge on any atom is -0.359 e. The van der Waals surface area contributed by atoms with E-state index in [4.69, 9.17) is 0 Å². The van der Waals surface area contributed by atoms with E-state index >= 15 is 0 Å². The van der Waals surface area contributed by atoms with Gasteiger partial charge in [-0.1, -0.05) is 0 Å². The van der Waals surface area contributed by atoms with E-state index in [1.165, 1.54) is 19.4 Å². The van der Waals surface area contributed by atoms with Crippen molar-refractivity contribution < 1.29 is 13.2 Å². The third kappa shape index (κ3) is 4.79. The summed E-state index contributed by atoms with van der Waals surface area (Å²) >= 11 is 0. The zero-order valence-electron chi connectivity index (χ0n) is 10.8. The Morgan fingerprint density at radius 3 is 2.47 bits per heavy atom. The summed E-state index contributed by atoms with van der Waals surface area (Å²) in [4.78, 5) is 18.7. The zero-order chi connectivity index (χ0) is 14.3. The lowest BCUT2D eigenvalue weighted by Crippen LogP contribution is -2.29. The third-order valence-electron chi connectivity index (χ3n) is 2.20. The smallest absolute Gasteiger partial charge is 0.243 e. The molecule has 0 aromatic carbocycles. The van der Waals surface area contributed by atoms with Gasteiger partial charge in [-0.3, -0.25) is 4.79 Å². The van der Waals surface area contributed by atoms with Crippen molar-refractivity contribution in [1.29, 1.82) is 0 Å².